The maximum atomic E-state index is 12.6. The number of fused-ring (bicyclic) bond motifs is 1. The molecule has 2 aromatic carbocycles. The monoisotopic (exact) mass is 396 g/mol. The minimum atomic E-state index is -4.00. The molecule has 0 fully saturated rings. The number of aromatic nitrogens is 1. The Morgan fingerprint density at radius 2 is 1.92 bits per heavy atom. The largest absolute Gasteiger partial charge is 0.504 e. The van der Waals surface area contributed by atoms with Crippen LogP contribution in [-0.4, -0.2) is 18.5 Å². The van der Waals surface area contributed by atoms with Crippen LogP contribution in [-0.2, 0) is 16.6 Å². The van der Waals surface area contributed by atoms with Crippen LogP contribution < -0.4 is 4.72 Å². The molecule has 25 heavy (non-hydrogen) atoms. The lowest BCUT2D eigenvalue weighted by Crippen LogP contribution is -2.23. The van der Waals surface area contributed by atoms with E-state index in [1.165, 1.54) is 6.07 Å². The van der Waals surface area contributed by atoms with Gasteiger partial charge in [-0.05, 0) is 42.8 Å². The SMILES string of the molecule is Cc1ccc2c(Cl)cc(S(=O)(=O)NCc3cccc(Cl)c3)c(O)c2n1. The number of phenolic OH excluding ortho intramolecular Hbond substituents is 1. The average Bonchev–Trinajstić information content (AvgIpc) is 2.56. The molecule has 2 N–H and O–H groups in total. The van der Waals surface area contributed by atoms with Crippen LogP contribution in [0.3, 0.4) is 0 Å². The third-order valence-electron chi connectivity index (χ3n) is 3.65. The maximum Gasteiger partial charge on any atom is 0.244 e. The molecular formula is C17H14Cl2N2O3S. The van der Waals surface area contributed by atoms with Crippen LogP contribution in [0.25, 0.3) is 10.9 Å². The topological polar surface area (TPSA) is 79.3 Å². The average molecular weight is 397 g/mol. The zero-order valence-corrected chi connectivity index (χ0v) is 15.5. The van der Waals surface area contributed by atoms with Gasteiger partial charge in [-0.15, -0.1) is 0 Å². The van der Waals surface area contributed by atoms with E-state index in [4.69, 9.17) is 23.2 Å². The summed E-state index contributed by atoms with van der Waals surface area (Å²) < 4.78 is 27.6. The van der Waals surface area contributed by atoms with Crippen molar-refractivity contribution in [2.75, 3.05) is 0 Å². The first-order valence-corrected chi connectivity index (χ1v) is 9.55. The van der Waals surface area contributed by atoms with E-state index < -0.39 is 15.8 Å². The lowest BCUT2D eigenvalue weighted by atomic mass is 10.2. The molecule has 0 saturated carbocycles. The first-order chi connectivity index (χ1) is 11.8. The van der Waals surface area contributed by atoms with E-state index in [0.29, 0.717) is 21.7 Å². The Labute approximate surface area is 155 Å². The van der Waals surface area contributed by atoms with Gasteiger partial charge in [0.05, 0.1) is 5.02 Å². The number of benzene rings is 2. The number of sulfonamides is 1. The number of aryl methyl sites for hydroxylation is 1. The van der Waals surface area contributed by atoms with Gasteiger partial charge in [-0.2, -0.15) is 0 Å². The number of rotatable bonds is 4. The van der Waals surface area contributed by atoms with Crippen LogP contribution in [0.15, 0.2) is 47.4 Å². The van der Waals surface area contributed by atoms with Crippen LogP contribution in [0.2, 0.25) is 10.0 Å². The second kappa shape index (κ2) is 6.80. The van der Waals surface area contributed by atoms with Crippen molar-refractivity contribution < 1.29 is 13.5 Å². The Balaban J connectivity index is 2.01. The summed E-state index contributed by atoms with van der Waals surface area (Å²) in [5, 5.41) is 11.6. The van der Waals surface area contributed by atoms with Crippen LogP contribution >= 0.6 is 23.2 Å². The fourth-order valence-corrected chi connectivity index (χ4v) is 4.09. The number of hydrogen-bond acceptors (Lipinski definition) is 4. The molecule has 0 atom stereocenters. The molecule has 0 spiro atoms. The van der Waals surface area contributed by atoms with Crippen molar-refractivity contribution >= 4 is 44.1 Å². The van der Waals surface area contributed by atoms with Crippen molar-refractivity contribution in [2.24, 2.45) is 0 Å². The summed E-state index contributed by atoms with van der Waals surface area (Å²) in [4.78, 5) is 3.88. The lowest BCUT2D eigenvalue weighted by molar-refractivity contribution is 0.463. The molecule has 130 valence electrons. The van der Waals surface area contributed by atoms with E-state index >= 15 is 0 Å². The molecule has 0 radical (unpaired) electrons. The molecule has 0 bridgehead atoms. The Hall–Kier alpha value is -1.86. The number of nitrogens with one attached hydrogen (secondary N) is 1. The van der Waals surface area contributed by atoms with Gasteiger partial charge in [0.15, 0.2) is 5.75 Å². The number of phenols is 1. The highest BCUT2D eigenvalue weighted by atomic mass is 35.5. The predicted molar refractivity (Wildman–Crippen MR) is 98.6 cm³/mol. The molecule has 1 aromatic heterocycles. The number of hydrogen-bond donors (Lipinski definition) is 2. The van der Waals surface area contributed by atoms with Crippen LogP contribution in [0.1, 0.15) is 11.3 Å². The Kier molecular flexibility index (Phi) is 4.88. The highest BCUT2D eigenvalue weighted by Gasteiger charge is 2.23. The van der Waals surface area contributed by atoms with Crippen molar-refractivity contribution in [3.63, 3.8) is 0 Å². The second-order valence-corrected chi connectivity index (χ2v) is 8.09. The van der Waals surface area contributed by atoms with Crippen molar-refractivity contribution in [3.05, 3.63) is 63.8 Å². The zero-order chi connectivity index (χ0) is 18.2. The molecule has 5 nitrogen and oxygen atoms in total. The zero-order valence-electron chi connectivity index (χ0n) is 13.1. The molecule has 0 amide bonds. The van der Waals surface area contributed by atoms with E-state index in [1.54, 1.807) is 43.3 Å². The molecule has 0 aliphatic rings. The van der Waals surface area contributed by atoms with Crippen molar-refractivity contribution in [2.45, 2.75) is 18.4 Å². The van der Waals surface area contributed by atoms with Crippen molar-refractivity contribution in [1.82, 2.24) is 9.71 Å². The van der Waals surface area contributed by atoms with Gasteiger partial charge in [-0.1, -0.05) is 35.3 Å². The van der Waals surface area contributed by atoms with Gasteiger partial charge in [0.1, 0.15) is 10.4 Å². The van der Waals surface area contributed by atoms with Gasteiger partial charge >= 0.3 is 0 Å². The summed E-state index contributed by atoms with van der Waals surface area (Å²) in [6, 6.07) is 11.5. The third-order valence-corrected chi connectivity index (χ3v) is 5.61. The maximum absolute atomic E-state index is 12.6. The molecule has 3 rings (SSSR count). The fraction of sp³-hybridized carbons (Fsp3) is 0.118. The van der Waals surface area contributed by atoms with E-state index in [9.17, 15) is 13.5 Å². The van der Waals surface area contributed by atoms with Gasteiger partial charge in [0, 0.05) is 22.6 Å². The van der Waals surface area contributed by atoms with Crippen LogP contribution in [0.5, 0.6) is 5.75 Å². The molecular weight excluding hydrogens is 383 g/mol. The number of halogens is 2. The predicted octanol–water partition coefficient (Wildman–Crippen LogP) is 4.03. The van der Waals surface area contributed by atoms with Gasteiger partial charge in [-0.25, -0.2) is 18.1 Å². The van der Waals surface area contributed by atoms with Gasteiger partial charge < -0.3 is 5.11 Å². The minimum Gasteiger partial charge on any atom is -0.504 e. The third kappa shape index (κ3) is 3.72. The normalized spacial score (nSPS) is 11.8. The van der Waals surface area contributed by atoms with E-state index in [0.717, 1.165) is 0 Å². The summed E-state index contributed by atoms with van der Waals surface area (Å²) in [6.07, 6.45) is 0. The number of pyridine rings is 1. The lowest BCUT2D eigenvalue weighted by Gasteiger charge is -2.12. The highest BCUT2D eigenvalue weighted by Crippen LogP contribution is 2.35. The van der Waals surface area contributed by atoms with Crippen LogP contribution in [0.4, 0.5) is 0 Å². The Morgan fingerprint density at radius 1 is 1.16 bits per heavy atom. The van der Waals surface area contributed by atoms with E-state index in [1.807, 2.05) is 0 Å². The Morgan fingerprint density at radius 3 is 2.64 bits per heavy atom. The molecule has 0 saturated heterocycles. The number of nitrogens with zero attached hydrogens (tertiary/aromatic N) is 1. The summed E-state index contributed by atoms with van der Waals surface area (Å²) in [6.45, 7) is 1.77. The molecule has 8 heteroatoms. The number of aromatic hydroxyl groups is 1. The fourth-order valence-electron chi connectivity index (χ4n) is 2.42. The Bertz CT molecular complexity index is 1070. The summed E-state index contributed by atoms with van der Waals surface area (Å²) in [5.74, 6) is -0.429. The molecule has 3 aromatic rings. The van der Waals surface area contributed by atoms with E-state index in [-0.39, 0.29) is 22.0 Å². The second-order valence-electron chi connectivity index (χ2n) is 5.51. The quantitative estimate of drug-likeness (QED) is 0.697. The summed E-state index contributed by atoms with van der Waals surface area (Å²) in [5.41, 5.74) is 1.48. The van der Waals surface area contributed by atoms with Crippen molar-refractivity contribution in [1.29, 1.82) is 0 Å². The molecule has 0 aliphatic heterocycles. The van der Waals surface area contributed by atoms with Gasteiger partial charge in [-0.3, -0.25) is 0 Å². The molecule has 1 heterocycles. The van der Waals surface area contributed by atoms with Gasteiger partial charge in [0.25, 0.3) is 0 Å². The standard InChI is InChI=1S/C17H14Cl2N2O3S/c1-10-5-6-13-14(19)8-15(17(22)16(13)21-10)25(23,24)20-9-11-3-2-4-12(18)7-11/h2-8,20,22H,9H2,1H3. The smallest absolute Gasteiger partial charge is 0.244 e. The first kappa shape index (κ1) is 17.9. The summed E-state index contributed by atoms with van der Waals surface area (Å²) in [7, 11) is -4.00. The summed E-state index contributed by atoms with van der Waals surface area (Å²) >= 11 is 12.1. The molecule has 0 unspecified atom stereocenters. The van der Waals surface area contributed by atoms with Gasteiger partial charge in [0.2, 0.25) is 10.0 Å². The minimum absolute atomic E-state index is 0.0270. The van der Waals surface area contributed by atoms with Crippen LogP contribution in [0, 0.1) is 6.92 Å². The highest BCUT2D eigenvalue weighted by molar-refractivity contribution is 7.89. The van der Waals surface area contributed by atoms with Crippen molar-refractivity contribution in [3.8, 4) is 5.75 Å². The van der Waals surface area contributed by atoms with E-state index in [2.05, 4.69) is 9.71 Å². The molecule has 0 aliphatic carbocycles. The first-order valence-electron chi connectivity index (χ1n) is 7.31.